The minimum Gasteiger partial charge on any atom is -0.488 e. The van der Waals surface area contributed by atoms with Gasteiger partial charge >= 0.3 is 0 Å². The first-order chi connectivity index (χ1) is 15.8. The monoisotopic (exact) mass is 550 g/mol. The number of unbranched alkanes of at least 4 members (excludes halogenated alkanes) is 3. The average Bonchev–Trinajstić information content (AvgIpc) is 3.26. The lowest BCUT2D eigenvalue weighted by Crippen LogP contribution is -1.99. The second-order valence-electron chi connectivity index (χ2n) is 8.01. The van der Waals surface area contributed by atoms with Crippen LogP contribution in [0.15, 0.2) is 49.7 Å². The maximum atomic E-state index is 11.9. The Morgan fingerprint density at radius 2 is 1.79 bits per heavy atom. The largest absolute Gasteiger partial charge is 0.488 e. The van der Waals surface area contributed by atoms with Crippen LogP contribution in [0.2, 0.25) is 0 Å². The third-order valence-electron chi connectivity index (χ3n) is 5.30. The van der Waals surface area contributed by atoms with Crippen LogP contribution in [0.25, 0.3) is 17.0 Å². The smallest absolute Gasteiger partial charge is 0.148 e. The molecule has 1 unspecified atom stereocenters. The number of hydrogen-bond acceptors (Lipinski definition) is 4. The van der Waals surface area contributed by atoms with Crippen LogP contribution in [0.4, 0.5) is 0 Å². The number of ether oxygens (including phenoxy) is 1. The highest BCUT2D eigenvalue weighted by Crippen LogP contribution is 2.31. The van der Waals surface area contributed by atoms with Crippen molar-refractivity contribution in [2.75, 3.05) is 12.5 Å². The molecular weight excluding hydrogens is 516 g/mol. The fourth-order valence-electron chi connectivity index (χ4n) is 3.28. The molecule has 0 saturated heterocycles. The number of hydrogen-bond donors (Lipinski definition) is 0. The van der Waals surface area contributed by atoms with Crippen molar-refractivity contribution in [3.8, 4) is 5.75 Å². The van der Waals surface area contributed by atoms with Crippen molar-refractivity contribution < 1.29 is 13.4 Å². The van der Waals surface area contributed by atoms with Crippen molar-refractivity contribution >= 4 is 55.5 Å². The van der Waals surface area contributed by atoms with Crippen molar-refractivity contribution in [2.24, 2.45) is 0 Å². The first kappa shape index (κ1) is 27.7. The normalized spacial score (nSPS) is 12.4. The molecule has 1 atom stereocenters. The molecule has 3 aromatic rings. The number of furan rings is 1. The summed E-state index contributed by atoms with van der Waals surface area (Å²) in [4.78, 5) is 0. The van der Waals surface area contributed by atoms with Crippen LogP contribution in [0.1, 0.15) is 61.8 Å². The molecule has 2 aromatic carbocycles. The summed E-state index contributed by atoms with van der Waals surface area (Å²) in [5.74, 6) is 0.790. The summed E-state index contributed by atoms with van der Waals surface area (Å²) in [6.07, 6.45) is 12.8. The molecule has 0 fully saturated rings. The van der Waals surface area contributed by atoms with Crippen LogP contribution in [0.3, 0.4) is 0 Å². The third-order valence-corrected chi connectivity index (χ3v) is 8.30. The van der Waals surface area contributed by atoms with E-state index in [-0.39, 0.29) is 0 Å². The molecular formula is C27H35BrO3S2. The second-order valence-corrected chi connectivity index (χ2v) is 11.3. The topological polar surface area (TPSA) is 39.4 Å². The summed E-state index contributed by atoms with van der Waals surface area (Å²) in [5, 5.41) is 1.04. The molecule has 0 aliphatic carbocycles. The van der Waals surface area contributed by atoms with Crippen molar-refractivity contribution in [1.82, 2.24) is 0 Å². The van der Waals surface area contributed by atoms with Gasteiger partial charge in [-0.05, 0) is 89.1 Å². The molecule has 0 radical (unpaired) electrons. The molecule has 0 aliphatic heterocycles. The lowest BCUT2D eigenvalue weighted by Gasteiger charge is -2.13. The van der Waals surface area contributed by atoms with Gasteiger partial charge in [-0.2, -0.15) is 0 Å². The van der Waals surface area contributed by atoms with Gasteiger partial charge in [0, 0.05) is 17.2 Å². The van der Waals surface area contributed by atoms with Gasteiger partial charge in [-0.25, -0.2) is 0 Å². The van der Waals surface area contributed by atoms with Gasteiger partial charge in [-0.1, -0.05) is 39.5 Å². The molecule has 180 valence electrons. The summed E-state index contributed by atoms with van der Waals surface area (Å²) in [6, 6.07) is 10.1. The summed E-state index contributed by atoms with van der Waals surface area (Å²) in [6.45, 7) is 9.04. The molecule has 3 nitrogen and oxygen atoms in total. The van der Waals surface area contributed by atoms with Crippen molar-refractivity contribution in [2.45, 2.75) is 60.0 Å². The van der Waals surface area contributed by atoms with E-state index < -0.39 is 10.8 Å². The Hall–Kier alpha value is -1.50. The number of thioether (sulfide) groups is 1. The molecule has 1 heterocycles. The van der Waals surface area contributed by atoms with Crippen LogP contribution in [0.5, 0.6) is 5.75 Å². The second kappa shape index (κ2) is 14.0. The lowest BCUT2D eigenvalue weighted by atomic mass is 10.0. The fraction of sp³-hybridized carbons (Fsp3) is 0.407. The first-order valence-corrected chi connectivity index (χ1v) is 14.9. The Morgan fingerprint density at radius 3 is 2.39 bits per heavy atom. The average molecular weight is 552 g/mol. The number of benzene rings is 2. The lowest BCUT2D eigenvalue weighted by molar-refractivity contribution is 0.305. The van der Waals surface area contributed by atoms with E-state index in [9.17, 15) is 4.21 Å². The van der Waals surface area contributed by atoms with Crippen LogP contribution in [0, 0.1) is 13.8 Å². The number of rotatable bonds is 9. The Morgan fingerprint density at radius 1 is 1.12 bits per heavy atom. The van der Waals surface area contributed by atoms with E-state index in [0.29, 0.717) is 6.61 Å². The predicted octanol–water partition coefficient (Wildman–Crippen LogP) is 9.02. The molecule has 1 aromatic heterocycles. The minimum absolute atomic E-state index is 0.437. The van der Waals surface area contributed by atoms with Gasteiger partial charge in [0.25, 0.3) is 0 Å². The molecule has 33 heavy (non-hydrogen) atoms. The van der Waals surface area contributed by atoms with Gasteiger partial charge in [0.2, 0.25) is 0 Å². The minimum atomic E-state index is -1.03. The fourth-order valence-corrected chi connectivity index (χ4v) is 5.37. The number of aryl methyl sites for hydroxylation is 2. The van der Waals surface area contributed by atoms with Crippen LogP contribution in [-0.2, 0) is 17.4 Å². The Bertz CT molecular complexity index is 1100. The quantitative estimate of drug-likeness (QED) is 0.249. The molecule has 6 heteroatoms. The first-order valence-electron chi connectivity index (χ1n) is 11.3. The molecule has 0 saturated carbocycles. The van der Waals surface area contributed by atoms with Crippen molar-refractivity contribution in [3.63, 3.8) is 0 Å². The third kappa shape index (κ3) is 8.34. The van der Waals surface area contributed by atoms with E-state index in [4.69, 9.17) is 9.15 Å². The summed E-state index contributed by atoms with van der Waals surface area (Å²) >= 11 is 5.05. The highest BCUT2D eigenvalue weighted by atomic mass is 79.9. The van der Waals surface area contributed by atoms with Crippen molar-refractivity contribution in [1.29, 1.82) is 0 Å². The Kier molecular flexibility index (Phi) is 11.8. The zero-order valence-electron chi connectivity index (χ0n) is 20.5. The standard InChI is InChI=1S/C21H21BrO3S2.C6H14/c1-13-7-17(11-20(26-3)27(4)23)19(8-14(13)2)25-12-15-9-16-5-6-24-21(16)18(22)10-15;1-3-5-6-4-2/h5-11H,12H2,1-4H3;3-6H2,1-2H3/b20-11+;. The number of fused-ring (bicyclic) bond motifs is 1. The Balaban J connectivity index is 0.000000569. The SMILES string of the molecule is CCCCCC.CS/C(=C\c1cc(C)c(C)cc1OCc1cc(Br)c2occc2c1)S(C)=O. The molecule has 0 N–H and O–H groups in total. The van der Waals surface area contributed by atoms with E-state index >= 15 is 0 Å². The van der Waals surface area contributed by atoms with Crippen molar-refractivity contribution in [3.05, 3.63) is 67.6 Å². The highest BCUT2D eigenvalue weighted by Gasteiger charge is 2.10. The van der Waals surface area contributed by atoms with Gasteiger partial charge in [-0.15, -0.1) is 11.8 Å². The van der Waals surface area contributed by atoms with Gasteiger partial charge in [-0.3, -0.25) is 4.21 Å². The maximum absolute atomic E-state index is 11.9. The summed E-state index contributed by atoms with van der Waals surface area (Å²) in [7, 11) is -1.03. The van der Waals surface area contributed by atoms with Gasteiger partial charge in [0.15, 0.2) is 0 Å². The Labute approximate surface area is 214 Å². The van der Waals surface area contributed by atoms with Gasteiger partial charge in [0.1, 0.15) is 17.9 Å². The molecule has 3 rings (SSSR count). The van der Waals surface area contributed by atoms with E-state index in [1.54, 1.807) is 12.5 Å². The zero-order chi connectivity index (χ0) is 24.4. The molecule has 0 spiro atoms. The number of halogens is 1. The maximum Gasteiger partial charge on any atom is 0.148 e. The highest BCUT2D eigenvalue weighted by molar-refractivity contribution is 9.10. The summed E-state index contributed by atoms with van der Waals surface area (Å²) in [5.41, 5.74) is 5.17. The molecule has 0 aliphatic rings. The molecule has 0 bridgehead atoms. The predicted molar refractivity (Wildman–Crippen MR) is 150 cm³/mol. The van der Waals surface area contributed by atoms with E-state index in [2.05, 4.69) is 55.8 Å². The van der Waals surface area contributed by atoms with E-state index in [1.165, 1.54) is 43.0 Å². The summed E-state index contributed by atoms with van der Waals surface area (Å²) < 4.78 is 25.3. The van der Waals surface area contributed by atoms with Gasteiger partial charge < -0.3 is 9.15 Å². The van der Waals surface area contributed by atoms with Crippen LogP contribution < -0.4 is 4.74 Å². The zero-order valence-corrected chi connectivity index (χ0v) is 23.7. The molecule has 0 amide bonds. The van der Waals surface area contributed by atoms with E-state index in [0.717, 1.165) is 42.1 Å². The van der Waals surface area contributed by atoms with Crippen LogP contribution >= 0.6 is 27.7 Å². The van der Waals surface area contributed by atoms with E-state index in [1.807, 2.05) is 30.5 Å². The van der Waals surface area contributed by atoms with Gasteiger partial charge in [0.05, 0.1) is 25.8 Å². The van der Waals surface area contributed by atoms with Crippen LogP contribution in [-0.4, -0.2) is 16.7 Å².